The highest BCUT2D eigenvalue weighted by molar-refractivity contribution is 6.00. The number of halogens is 3. The van der Waals surface area contributed by atoms with Crippen molar-refractivity contribution in [2.45, 2.75) is 38.2 Å². The first-order chi connectivity index (χ1) is 23.4. The van der Waals surface area contributed by atoms with Crippen LogP contribution in [0.4, 0.5) is 36.2 Å². The van der Waals surface area contributed by atoms with Crippen LogP contribution in [0.3, 0.4) is 0 Å². The van der Waals surface area contributed by atoms with Crippen LogP contribution in [0.15, 0.2) is 83.0 Å². The summed E-state index contributed by atoms with van der Waals surface area (Å²) >= 11 is 0. The number of azo groups is 1. The number of imidazole rings is 1. The molecule has 5 rings (SSSR count). The Labute approximate surface area is 278 Å². The summed E-state index contributed by atoms with van der Waals surface area (Å²) in [4.78, 5) is 42.0. The van der Waals surface area contributed by atoms with E-state index in [0.717, 1.165) is 5.69 Å². The predicted molar refractivity (Wildman–Crippen MR) is 177 cm³/mol. The molecule has 2 heterocycles. The average Bonchev–Trinajstić information content (AvgIpc) is 3.50. The molecule has 0 aliphatic heterocycles. The Balaban J connectivity index is 1.15. The number of carbonyl (C=O) groups excluding carboxylic acids is 2. The molecule has 0 bridgehead atoms. The van der Waals surface area contributed by atoms with E-state index in [2.05, 4.69) is 30.2 Å². The number of alkyl halides is 3. The number of nitrogens with two attached hydrogens (primary N) is 2. The minimum Gasteiger partial charge on any atom is -0.471 e. The lowest BCUT2D eigenvalue weighted by atomic mass is 10.0. The van der Waals surface area contributed by atoms with Gasteiger partial charge in [0.15, 0.2) is 16.9 Å². The van der Waals surface area contributed by atoms with Gasteiger partial charge in [-0.3, -0.25) is 9.59 Å². The lowest BCUT2D eigenvalue weighted by Gasteiger charge is -2.11. The van der Waals surface area contributed by atoms with E-state index in [1.807, 2.05) is 48.6 Å². The van der Waals surface area contributed by atoms with E-state index >= 15 is 0 Å². The lowest BCUT2D eigenvalue weighted by molar-refractivity contribution is -0.173. The number of aromatic amines is 1. The summed E-state index contributed by atoms with van der Waals surface area (Å²) in [5.74, 6) is -1.67. The van der Waals surface area contributed by atoms with Gasteiger partial charge in [-0.05, 0) is 66.1 Å². The molecule has 16 heteroatoms. The monoisotopic (exact) mass is 674 g/mol. The van der Waals surface area contributed by atoms with Crippen LogP contribution >= 0.6 is 0 Å². The van der Waals surface area contributed by atoms with Crippen molar-refractivity contribution in [2.75, 3.05) is 24.7 Å². The Bertz CT molecular complexity index is 1940. The molecule has 5 aromatic rings. The molecule has 1 atom stereocenters. The van der Waals surface area contributed by atoms with E-state index in [0.29, 0.717) is 51.5 Å². The van der Waals surface area contributed by atoms with E-state index in [1.54, 1.807) is 48.5 Å². The summed E-state index contributed by atoms with van der Waals surface area (Å²) < 4.78 is 43.1. The Hall–Kier alpha value is -5.90. The number of fused-ring (bicyclic) bond motifs is 1. The molecule has 0 saturated heterocycles. The first-order valence-electron chi connectivity index (χ1n) is 15.0. The molecule has 0 spiro atoms. The van der Waals surface area contributed by atoms with Gasteiger partial charge in [-0.1, -0.05) is 24.3 Å². The van der Waals surface area contributed by atoms with E-state index < -0.39 is 18.1 Å². The molecule has 3 aromatic carbocycles. The van der Waals surface area contributed by atoms with Gasteiger partial charge in [-0.2, -0.15) is 33.4 Å². The summed E-state index contributed by atoms with van der Waals surface area (Å²) in [5.41, 5.74) is 16.7. The van der Waals surface area contributed by atoms with Crippen molar-refractivity contribution in [1.29, 1.82) is 0 Å². The van der Waals surface area contributed by atoms with Gasteiger partial charge in [0.2, 0.25) is 11.8 Å². The third-order valence-corrected chi connectivity index (χ3v) is 7.32. The zero-order valence-electron chi connectivity index (χ0n) is 26.5. The quantitative estimate of drug-likeness (QED) is 0.0946. The number of hydrogen-bond acceptors (Lipinski definition) is 11. The number of H-pyrrole nitrogens is 1. The number of Topliss-reactive ketones (excluding diaryl/α,β-unsaturated/α-hetero) is 1. The number of amides is 1. The fourth-order valence-corrected chi connectivity index (χ4v) is 4.61. The maximum absolute atomic E-state index is 13.0. The summed E-state index contributed by atoms with van der Waals surface area (Å²) in [7, 11) is 3.92. The lowest BCUT2D eigenvalue weighted by Crippen LogP contribution is -2.36. The predicted octanol–water partition coefficient (Wildman–Crippen LogP) is 5.32. The standard InChI is InChI=1S/C33H33F3N10O3/c1-46(2)24-13-11-23(12-14-24)45-44-22-9-7-21(8-10-22)28(47)25(37)15-16-26-40-27-29(41-26)42-32(38)43-30(27)49-18-20-5-3-19(4-6-20)17-39-31(48)33(34,35)36/h3-14,25H,15-18,37H2,1-2H3,(H,39,48)(H3,38,40,41,42,43). The van der Waals surface area contributed by atoms with Crippen molar-refractivity contribution in [3.8, 4) is 5.88 Å². The minimum absolute atomic E-state index is 0.0480. The van der Waals surface area contributed by atoms with Crippen LogP contribution in [-0.4, -0.2) is 57.9 Å². The van der Waals surface area contributed by atoms with E-state index in [1.165, 1.54) is 0 Å². The second-order valence-electron chi connectivity index (χ2n) is 11.2. The van der Waals surface area contributed by atoms with Crippen LogP contribution in [0, 0.1) is 0 Å². The Kier molecular flexibility index (Phi) is 10.5. The second kappa shape index (κ2) is 14.9. The topological polar surface area (TPSA) is 190 Å². The fraction of sp³-hybridized carbons (Fsp3) is 0.242. The van der Waals surface area contributed by atoms with Gasteiger partial charge >= 0.3 is 12.1 Å². The molecule has 0 aliphatic rings. The maximum atomic E-state index is 13.0. The molecule has 0 fully saturated rings. The van der Waals surface area contributed by atoms with Crippen LogP contribution in [0.2, 0.25) is 0 Å². The Morgan fingerprint density at radius 2 is 1.53 bits per heavy atom. The van der Waals surface area contributed by atoms with Crippen LogP contribution in [0.25, 0.3) is 11.2 Å². The largest absolute Gasteiger partial charge is 0.471 e. The van der Waals surface area contributed by atoms with Crippen LogP contribution in [0.5, 0.6) is 5.88 Å². The summed E-state index contributed by atoms with van der Waals surface area (Å²) in [5, 5.41) is 10.3. The molecule has 2 aromatic heterocycles. The molecule has 1 amide bonds. The molecule has 1 unspecified atom stereocenters. The molecule has 13 nitrogen and oxygen atoms in total. The molecule has 49 heavy (non-hydrogen) atoms. The van der Waals surface area contributed by atoms with Crippen molar-refractivity contribution in [3.05, 3.63) is 95.3 Å². The third kappa shape index (κ3) is 9.13. The number of aromatic nitrogens is 4. The molecular weight excluding hydrogens is 641 g/mol. The number of nitrogens with one attached hydrogen (secondary N) is 2. The Morgan fingerprint density at radius 1 is 0.918 bits per heavy atom. The maximum Gasteiger partial charge on any atom is 0.471 e. The zero-order valence-corrected chi connectivity index (χ0v) is 26.5. The minimum atomic E-state index is -4.95. The average molecular weight is 675 g/mol. The smallest absolute Gasteiger partial charge is 0.471 e. The summed E-state index contributed by atoms with van der Waals surface area (Å²) in [6.45, 7) is -0.229. The van der Waals surface area contributed by atoms with E-state index in [4.69, 9.17) is 16.2 Å². The Morgan fingerprint density at radius 3 is 2.14 bits per heavy atom. The normalized spacial score (nSPS) is 12.3. The van der Waals surface area contributed by atoms with Gasteiger partial charge in [0, 0.05) is 38.3 Å². The van der Waals surface area contributed by atoms with Gasteiger partial charge in [0.05, 0.1) is 17.4 Å². The number of ketones is 1. The highest BCUT2D eigenvalue weighted by Crippen LogP contribution is 2.24. The number of nitrogens with zero attached hydrogens (tertiary/aromatic N) is 6. The molecule has 254 valence electrons. The number of rotatable bonds is 13. The number of aryl methyl sites for hydroxylation is 1. The molecule has 6 N–H and O–H groups in total. The van der Waals surface area contributed by atoms with Gasteiger partial charge in [-0.15, -0.1) is 0 Å². The van der Waals surface area contributed by atoms with Crippen LogP contribution in [0.1, 0.15) is 33.7 Å². The highest BCUT2D eigenvalue weighted by Gasteiger charge is 2.38. The third-order valence-electron chi connectivity index (χ3n) is 7.32. The van der Waals surface area contributed by atoms with Crippen molar-refractivity contribution in [2.24, 2.45) is 16.0 Å². The fourth-order valence-electron chi connectivity index (χ4n) is 4.61. The summed E-state index contributed by atoms with van der Waals surface area (Å²) in [6, 6.07) is 20.0. The zero-order chi connectivity index (χ0) is 35.1. The number of nitrogen functional groups attached to an aromatic ring is 1. The van der Waals surface area contributed by atoms with Gasteiger partial charge in [0.1, 0.15) is 12.4 Å². The first kappa shape index (κ1) is 34.4. The molecule has 0 saturated carbocycles. The van der Waals surface area contributed by atoms with Crippen molar-refractivity contribution >= 4 is 45.9 Å². The molecule has 0 aliphatic carbocycles. The second-order valence-corrected chi connectivity index (χ2v) is 11.2. The van der Waals surface area contributed by atoms with E-state index in [9.17, 15) is 22.8 Å². The molecular formula is C33H33F3N10O3. The van der Waals surface area contributed by atoms with Crippen molar-refractivity contribution in [3.63, 3.8) is 0 Å². The highest BCUT2D eigenvalue weighted by atomic mass is 19.4. The number of hydrogen-bond donors (Lipinski definition) is 4. The number of carbonyl (C=O) groups is 2. The number of benzene rings is 3. The van der Waals surface area contributed by atoms with Crippen LogP contribution in [-0.2, 0) is 24.4 Å². The van der Waals surface area contributed by atoms with Crippen molar-refractivity contribution in [1.82, 2.24) is 25.3 Å². The van der Waals surface area contributed by atoms with Crippen molar-refractivity contribution < 1.29 is 27.5 Å². The number of anilines is 2. The number of ether oxygens (including phenoxy) is 1. The van der Waals surface area contributed by atoms with Gasteiger partial charge in [0.25, 0.3) is 0 Å². The summed E-state index contributed by atoms with van der Waals surface area (Å²) in [6.07, 6.45) is -4.33. The van der Waals surface area contributed by atoms with Crippen LogP contribution < -0.4 is 26.4 Å². The van der Waals surface area contributed by atoms with E-state index in [-0.39, 0.29) is 37.2 Å². The van der Waals surface area contributed by atoms with Gasteiger partial charge in [-0.25, -0.2) is 4.98 Å². The van der Waals surface area contributed by atoms with Gasteiger partial charge < -0.3 is 31.4 Å². The molecule has 0 radical (unpaired) electrons. The first-order valence-corrected chi connectivity index (χ1v) is 15.0. The SMILES string of the molecule is CN(C)c1ccc(N=Nc2ccc(C(=O)C(N)CCc3nc4c(OCc5ccc(CNC(=O)C(F)(F)F)cc5)nc(N)nc4[nH]3)cc2)cc1.